The van der Waals surface area contributed by atoms with Gasteiger partial charge in [-0.25, -0.2) is 9.37 Å². The number of carbonyl (C=O) groups excluding carboxylic acids is 2. The van der Waals surface area contributed by atoms with Crippen LogP contribution in [0.1, 0.15) is 71.6 Å². The lowest BCUT2D eigenvalue weighted by Gasteiger charge is -2.37. The number of piperazine rings is 1. The van der Waals surface area contributed by atoms with E-state index in [1.807, 2.05) is 37.3 Å². The first kappa shape index (κ1) is 35.0. The summed E-state index contributed by atoms with van der Waals surface area (Å²) in [4.78, 5) is 35.0. The molecule has 1 aliphatic heterocycles. The van der Waals surface area contributed by atoms with Crippen molar-refractivity contribution in [2.24, 2.45) is 7.05 Å². The average Bonchev–Trinajstić information content (AvgIpc) is 3.45. The van der Waals surface area contributed by atoms with Crippen LogP contribution in [-0.4, -0.2) is 85.8 Å². The Bertz CT molecular complexity index is 1810. The number of pyridine rings is 1. The van der Waals surface area contributed by atoms with Gasteiger partial charge in [0, 0.05) is 69.2 Å². The van der Waals surface area contributed by atoms with Gasteiger partial charge in [0.15, 0.2) is 0 Å². The Morgan fingerprint density at radius 2 is 1.62 bits per heavy atom. The average molecular weight is 684 g/mol. The summed E-state index contributed by atoms with van der Waals surface area (Å²) in [6.45, 7) is 10.9. The Labute approximate surface area is 292 Å². The number of phenolic OH excluding ortho intramolecular Hbond substituents is 1. The van der Waals surface area contributed by atoms with Gasteiger partial charge in [-0.2, -0.15) is 5.10 Å². The predicted octanol–water partition coefficient (Wildman–Crippen LogP) is 5.42. The van der Waals surface area contributed by atoms with E-state index in [0.717, 1.165) is 60.8 Å². The molecule has 2 aromatic heterocycles. The standard InChI is InChI=1S/C38H46FN7O4/c1-24(2)46-16-14-45(15-17-46)23-28-19-27(8-13-35(28)47)26-6-5-7-32(20-26)50-38-33(21-29(39)22-40-38)36(48)41-30-9-11-31(12-10-30)42-37(49)34-18-25(3)44(4)43-34/h5-8,13,18-22,24,30-31,47H,9-12,14-17,23H2,1-4H3,(H,41,48)(H,42,49). The van der Waals surface area contributed by atoms with Gasteiger partial charge >= 0.3 is 0 Å². The van der Waals surface area contributed by atoms with E-state index < -0.39 is 11.7 Å². The van der Waals surface area contributed by atoms with Crippen LogP contribution < -0.4 is 15.4 Å². The number of ether oxygens (including phenoxy) is 1. The fraction of sp³-hybridized carbons (Fsp3) is 0.421. The van der Waals surface area contributed by atoms with Crippen molar-refractivity contribution >= 4 is 11.8 Å². The molecule has 0 bridgehead atoms. The maximum Gasteiger partial charge on any atom is 0.272 e. The van der Waals surface area contributed by atoms with E-state index in [-0.39, 0.29) is 35.2 Å². The van der Waals surface area contributed by atoms with Crippen molar-refractivity contribution < 1.29 is 23.8 Å². The van der Waals surface area contributed by atoms with E-state index in [9.17, 15) is 19.1 Å². The van der Waals surface area contributed by atoms with E-state index in [1.165, 1.54) is 0 Å². The van der Waals surface area contributed by atoms with Crippen LogP contribution in [0, 0.1) is 12.7 Å². The number of carbonyl (C=O) groups is 2. The lowest BCUT2D eigenvalue weighted by atomic mass is 9.91. The molecule has 2 aromatic carbocycles. The molecule has 0 unspecified atom stereocenters. The minimum Gasteiger partial charge on any atom is -0.508 e. The third-order valence-electron chi connectivity index (χ3n) is 9.80. The molecule has 50 heavy (non-hydrogen) atoms. The zero-order chi connectivity index (χ0) is 35.4. The van der Waals surface area contributed by atoms with E-state index in [1.54, 1.807) is 29.9 Å². The number of benzene rings is 2. The summed E-state index contributed by atoms with van der Waals surface area (Å²) in [5, 5.41) is 21.0. The van der Waals surface area contributed by atoms with Crippen molar-refractivity contribution in [2.75, 3.05) is 26.2 Å². The Hall–Kier alpha value is -4.81. The first-order valence-electron chi connectivity index (χ1n) is 17.4. The summed E-state index contributed by atoms with van der Waals surface area (Å²) in [7, 11) is 1.80. The third-order valence-corrected chi connectivity index (χ3v) is 9.80. The molecule has 3 N–H and O–H groups in total. The second-order valence-electron chi connectivity index (χ2n) is 13.7. The molecule has 1 saturated heterocycles. The summed E-state index contributed by atoms with van der Waals surface area (Å²) in [5.41, 5.74) is 3.92. The Balaban J connectivity index is 1.08. The normalized spacial score (nSPS) is 18.6. The van der Waals surface area contributed by atoms with E-state index in [0.29, 0.717) is 49.7 Å². The van der Waals surface area contributed by atoms with Crippen LogP contribution in [-0.2, 0) is 13.6 Å². The molecule has 3 heterocycles. The van der Waals surface area contributed by atoms with Gasteiger partial charge in [0.25, 0.3) is 11.8 Å². The quantitative estimate of drug-likeness (QED) is 0.202. The molecule has 0 atom stereocenters. The second kappa shape index (κ2) is 15.4. The van der Waals surface area contributed by atoms with Gasteiger partial charge in [0.2, 0.25) is 5.88 Å². The van der Waals surface area contributed by atoms with E-state index in [4.69, 9.17) is 4.74 Å². The molecular formula is C38H46FN7O4. The molecule has 264 valence electrons. The zero-order valence-electron chi connectivity index (χ0n) is 29.2. The van der Waals surface area contributed by atoms with Crippen molar-refractivity contribution in [1.29, 1.82) is 0 Å². The third kappa shape index (κ3) is 8.48. The number of nitrogens with zero attached hydrogens (tertiary/aromatic N) is 5. The monoisotopic (exact) mass is 683 g/mol. The lowest BCUT2D eigenvalue weighted by Crippen LogP contribution is -2.48. The number of amides is 2. The number of aromatic nitrogens is 3. The van der Waals surface area contributed by atoms with Crippen LogP contribution in [0.25, 0.3) is 11.1 Å². The number of aryl methyl sites for hydroxylation is 2. The smallest absolute Gasteiger partial charge is 0.272 e. The molecule has 6 rings (SSSR count). The number of aromatic hydroxyl groups is 1. The molecule has 1 saturated carbocycles. The number of phenols is 1. The predicted molar refractivity (Wildman–Crippen MR) is 189 cm³/mol. The SMILES string of the molecule is Cc1cc(C(=O)NC2CCC(NC(=O)c3cc(F)cnc3Oc3cccc(-c4ccc(O)c(CN5CCN(C(C)C)CC5)c4)c3)CC2)nn1C. The van der Waals surface area contributed by atoms with Crippen molar-refractivity contribution in [3.8, 4) is 28.5 Å². The van der Waals surface area contributed by atoms with Gasteiger partial charge in [0.1, 0.15) is 28.6 Å². The molecule has 2 aliphatic rings. The van der Waals surface area contributed by atoms with Crippen LogP contribution in [0.5, 0.6) is 17.4 Å². The summed E-state index contributed by atoms with van der Waals surface area (Å²) >= 11 is 0. The highest BCUT2D eigenvalue weighted by molar-refractivity contribution is 5.96. The van der Waals surface area contributed by atoms with Crippen LogP contribution >= 0.6 is 0 Å². The Kier molecular flexibility index (Phi) is 10.8. The van der Waals surface area contributed by atoms with Crippen LogP contribution in [0.15, 0.2) is 60.8 Å². The lowest BCUT2D eigenvalue weighted by molar-refractivity contribution is 0.0887. The summed E-state index contributed by atoms with van der Waals surface area (Å²) in [5.74, 6) is -0.628. The fourth-order valence-corrected chi connectivity index (χ4v) is 6.67. The summed E-state index contributed by atoms with van der Waals surface area (Å²) in [6.07, 6.45) is 3.71. The van der Waals surface area contributed by atoms with Crippen molar-refractivity contribution in [3.63, 3.8) is 0 Å². The van der Waals surface area contributed by atoms with Crippen molar-refractivity contribution in [3.05, 3.63) is 89.1 Å². The molecule has 1 aliphatic carbocycles. The van der Waals surface area contributed by atoms with Gasteiger partial charge in [-0.05, 0) is 94.0 Å². The van der Waals surface area contributed by atoms with Gasteiger partial charge in [-0.1, -0.05) is 18.2 Å². The van der Waals surface area contributed by atoms with Crippen LogP contribution in [0.3, 0.4) is 0 Å². The largest absolute Gasteiger partial charge is 0.508 e. The molecule has 2 amide bonds. The first-order chi connectivity index (χ1) is 24.0. The summed E-state index contributed by atoms with van der Waals surface area (Å²) < 4.78 is 22.1. The highest BCUT2D eigenvalue weighted by atomic mass is 19.1. The number of halogens is 1. The number of hydrogen-bond donors (Lipinski definition) is 3. The molecule has 0 spiro atoms. The van der Waals surface area contributed by atoms with E-state index in [2.05, 4.69) is 44.4 Å². The molecule has 2 fully saturated rings. The number of hydrogen-bond acceptors (Lipinski definition) is 8. The first-order valence-corrected chi connectivity index (χ1v) is 17.4. The topological polar surface area (TPSA) is 125 Å². The van der Waals surface area contributed by atoms with Gasteiger partial charge in [-0.3, -0.25) is 24.1 Å². The number of rotatable bonds is 10. The molecule has 11 nitrogen and oxygen atoms in total. The van der Waals surface area contributed by atoms with Crippen LogP contribution in [0.4, 0.5) is 4.39 Å². The van der Waals surface area contributed by atoms with Crippen molar-refractivity contribution in [2.45, 2.75) is 71.1 Å². The minimum absolute atomic E-state index is 0.000381. The van der Waals surface area contributed by atoms with Crippen molar-refractivity contribution in [1.82, 2.24) is 35.2 Å². The van der Waals surface area contributed by atoms with Crippen LogP contribution in [0.2, 0.25) is 0 Å². The molecule has 4 aromatic rings. The Morgan fingerprint density at radius 1 is 0.940 bits per heavy atom. The van der Waals surface area contributed by atoms with E-state index >= 15 is 0 Å². The maximum atomic E-state index is 14.4. The summed E-state index contributed by atoms with van der Waals surface area (Å²) in [6, 6.07) is 16.2. The van der Waals surface area contributed by atoms with Gasteiger partial charge in [0.05, 0.1) is 6.20 Å². The highest BCUT2D eigenvalue weighted by Crippen LogP contribution is 2.32. The molecule has 0 radical (unpaired) electrons. The van der Waals surface area contributed by atoms with Gasteiger partial charge in [-0.15, -0.1) is 0 Å². The highest BCUT2D eigenvalue weighted by Gasteiger charge is 2.27. The second-order valence-corrected chi connectivity index (χ2v) is 13.7. The maximum absolute atomic E-state index is 14.4. The number of nitrogens with one attached hydrogen (secondary N) is 2. The van der Waals surface area contributed by atoms with Gasteiger partial charge < -0.3 is 20.5 Å². The fourth-order valence-electron chi connectivity index (χ4n) is 6.67. The Morgan fingerprint density at radius 3 is 2.28 bits per heavy atom. The molecular weight excluding hydrogens is 637 g/mol. The minimum atomic E-state index is -0.644. The molecule has 12 heteroatoms. The zero-order valence-corrected chi connectivity index (χ0v) is 29.2.